The first-order chi connectivity index (χ1) is 12.9. The van der Waals surface area contributed by atoms with Crippen LogP contribution in [0.2, 0.25) is 0 Å². The molecule has 0 aliphatic carbocycles. The highest BCUT2D eigenvalue weighted by atomic mass is 16.5. The summed E-state index contributed by atoms with van der Waals surface area (Å²) in [5.41, 5.74) is 25.8. The molecule has 2 rings (SSSR count). The first-order valence-electron chi connectivity index (χ1n) is 9.67. The smallest absolute Gasteiger partial charge is 0.0662 e. The predicted octanol–water partition coefficient (Wildman–Crippen LogP) is 2.28. The molecule has 0 unspecified atom stereocenters. The standard InChI is InChI=1S/C22H34N4O/c23-21(24,13-11-19-7-3-1-4-8-19)15-17-27-18-16-22(25,26)14-12-20-9-5-2-6-10-20/h1-10H,11-18,23-26H2. The van der Waals surface area contributed by atoms with E-state index in [1.165, 1.54) is 11.1 Å². The summed E-state index contributed by atoms with van der Waals surface area (Å²) in [6.45, 7) is 1.02. The molecule has 0 saturated heterocycles. The third-order valence-corrected chi connectivity index (χ3v) is 4.87. The van der Waals surface area contributed by atoms with Gasteiger partial charge in [-0.2, -0.15) is 0 Å². The quantitative estimate of drug-likeness (QED) is 0.338. The molecule has 0 aliphatic heterocycles. The van der Waals surface area contributed by atoms with E-state index in [1.807, 2.05) is 36.4 Å². The Kier molecular flexibility index (Phi) is 8.41. The molecule has 5 nitrogen and oxygen atoms in total. The molecule has 0 saturated carbocycles. The van der Waals surface area contributed by atoms with Gasteiger partial charge < -0.3 is 27.7 Å². The highest BCUT2D eigenvalue weighted by Gasteiger charge is 2.20. The molecular formula is C22H34N4O. The van der Waals surface area contributed by atoms with E-state index < -0.39 is 11.3 Å². The van der Waals surface area contributed by atoms with Crippen LogP contribution in [0.25, 0.3) is 0 Å². The topological polar surface area (TPSA) is 113 Å². The van der Waals surface area contributed by atoms with Crippen LogP contribution in [0, 0.1) is 0 Å². The first-order valence-corrected chi connectivity index (χ1v) is 9.67. The van der Waals surface area contributed by atoms with Crippen LogP contribution in [-0.2, 0) is 17.6 Å². The zero-order valence-electron chi connectivity index (χ0n) is 16.1. The minimum absolute atomic E-state index is 0.510. The molecule has 2 aromatic carbocycles. The van der Waals surface area contributed by atoms with Crippen molar-refractivity contribution in [2.24, 2.45) is 22.9 Å². The Hall–Kier alpha value is -1.76. The Morgan fingerprint density at radius 3 is 1.30 bits per heavy atom. The van der Waals surface area contributed by atoms with E-state index >= 15 is 0 Å². The third-order valence-electron chi connectivity index (χ3n) is 4.87. The minimum Gasteiger partial charge on any atom is -0.381 e. The van der Waals surface area contributed by atoms with Crippen LogP contribution in [0.4, 0.5) is 0 Å². The van der Waals surface area contributed by atoms with Gasteiger partial charge in [-0.3, -0.25) is 0 Å². The van der Waals surface area contributed by atoms with Crippen LogP contribution in [-0.4, -0.2) is 24.5 Å². The van der Waals surface area contributed by atoms with Crippen molar-refractivity contribution in [1.29, 1.82) is 0 Å². The zero-order chi connectivity index (χ0) is 19.6. The fourth-order valence-electron chi connectivity index (χ4n) is 2.92. The van der Waals surface area contributed by atoms with Gasteiger partial charge in [0.05, 0.1) is 11.3 Å². The summed E-state index contributed by atoms with van der Waals surface area (Å²) in [5, 5.41) is 0. The van der Waals surface area contributed by atoms with E-state index in [2.05, 4.69) is 24.3 Å². The monoisotopic (exact) mass is 370 g/mol. The minimum atomic E-state index is -0.730. The molecule has 0 atom stereocenters. The SMILES string of the molecule is NC(N)(CCOCCC(N)(N)CCc1ccccc1)CCc1ccccc1. The number of ether oxygens (including phenoxy) is 1. The number of nitrogens with two attached hydrogens (primary N) is 4. The number of hydrogen-bond donors (Lipinski definition) is 4. The number of hydrogen-bond acceptors (Lipinski definition) is 5. The van der Waals surface area contributed by atoms with E-state index in [-0.39, 0.29) is 0 Å². The molecule has 5 heteroatoms. The van der Waals surface area contributed by atoms with Gasteiger partial charge in [0.25, 0.3) is 0 Å². The van der Waals surface area contributed by atoms with Gasteiger partial charge in [-0.25, -0.2) is 0 Å². The molecule has 0 spiro atoms. The Bertz CT molecular complexity index is 586. The summed E-state index contributed by atoms with van der Waals surface area (Å²) < 4.78 is 5.69. The van der Waals surface area contributed by atoms with Crippen LogP contribution >= 0.6 is 0 Å². The second-order valence-electron chi connectivity index (χ2n) is 7.55. The average Bonchev–Trinajstić information content (AvgIpc) is 2.66. The molecule has 8 N–H and O–H groups in total. The maximum absolute atomic E-state index is 6.19. The van der Waals surface area contributed by atoms with Crippen molar-refractivity contribution >= 4 is 0 Å². The fraction of sp³-hybridized carbons (Fsp3) is 0.455. The summed E-state index contributed by atoms with van der Waals surface area (Å²) in [5.74, 6) is 0. The molecule has 0 heterocycles. The Morgan fingerprint density at radius 1 is 0.556 bits per heavy atom. The number of aryl methyl sites for hydroxylation is 2. The lowest BCUT2D eigenvalue weighted by Gasteiger charge is -2.26. The number of benzene rings is 2. The summed E-state index contributed by atoms with van der Waals surface area (Å²) >= 11 is 0. The van der Waals surface area contributed by atoms with Crippen LogP contribution < -0.4 is 22.9 Å². The highest BCUT2D eigenvalue weighted by Crippen LogP contribution is 2.13. The van der Waals surface area contributed by atoms with Crippen LogP contribution in [0.15, 0.2) is 60.7 Å². The van der Waals surface area contributed by atoms with Crippen molar-refractivity contribution in [3.05, 3.63) is 71.8 Å². The maximum Gasteiger partial charge on any atom is 0.0662 e. The molecule has 148 valence electrons. The van der Waals surface area contributed by atoms with Crippen LogP contribution in [0.3, 0.4) is 0 Å². The van der Waals surface area contributed by atoms with Gasteiger partial charge in [0.2, 0.25) is 0 Å². The average molecular weight is 371 g/mol. The second-order valence-corrected chi connectivity index (χ2v) is 7.55. The van der Waals surface area contributed by atoms with Gasteiger partial charge in [-0.15, -0.1) is 0 Å². The van der Waals surface area contributed by atoms with E-state index in [4.69, 9.17) is 27.7 Å². The molecule has 0 amide bonds. The summed E-state index contributed by atoms with van der Waals surface area (Å²) in [7, 11) is 0. The van der Waals surface area contributed by atoms with E-state index in [0.717, 1.165) is 25.7 Å². The lowest BCUT2D eigenvalue weighted by atomic mass is 9.98. The van der Waals surface area contributed by atoms with Gasteiger partial charge in [-0.05, 0) is 36.8 Å². The first kappa shape index (κ1) is 21.5. The molecular weight excluding hydrogens is 336 g/mol. The maximum atomic E-state index is 6.19. The lowest BCUT2D eigenvalue weighted by molar-refractivity contribution is 0.0962. The summed E-state index contributed by atoms with van der Waals surface area (Å²) in [4.78, 5) is 0. The number of rotatable bonds is 12. The second kappa shape index (κ2) is 10.5. The normalized spacial score (nSPS) is 12.3. The summed E-state index contributed by atoms with van der Waals surface area (Å²) in [6.07, 6.45) is 4.37. The van der Waals surface area contributed by atoms with Crippen molar-refractivity contribution in [1.82, 2.24) is 0 Å². The molecule has 0 fully saturated rings. The van der Waals surface area contributed by atoms with Crippen molar-refractivity contribution < 1.29 is 4.74 Å². The van der Waals surface area contributed by atoms with Crippen molar-refractivity contribution in [2.75, 3.05) is 13.2 Å². The molecule has 0 aliphatic rings. The fourth-order valence-corrected chi connectivity index (χ4v) is 2.92. The Labute approximate surface area is 163 Å². The van der Waals surface area contributed by atoms with Gasteiger partial charge in [0.1, 0.15) is 0 Å². The molecule has 27 heavy (non-hydrogen) atoms. The lowest BCUT2D eigenvalue weighted by Crippen LogP contribution is -2.51. The Balaban J connectivity index is 1.59. The van der Waals surface area contributed by atoms with E-state index in [1.54, 1.807) is 0 Å². The largest absolute Gasteiger partial charge is 0.381 e. The van der Waals surface area contributed by atoms with Gasteiger partial charge >= 0.3 is 0 Å². The zero-order valence-corrected chi connectivity index (χ0v) is 16.1. The van der Waals surface area contributed by atoms with Gasteiger partial charge in [0.15, 0.2) is 0 Å². The van der Waals surface area contributed by atoms with Gasteiger partial charge in [-0.1, -0.05) is 60.7 Å². The molecule has 0 radical (unpaired) electrons. The van der Waals surface area contributed by atoms with E-state index in [9.17, 15) is 0 Å². The van der Waals surface area contributed by atoms with Crippen LogP contribution in [0.1, 0.15) is 36.8 Å². The van der Waals surface area contributed by atoms with Crippen molar-refractivity contribution in [3.63, 3.8) is 0 Å². The van der Waals surface area contributed by atoms with Crippen molar-refractivity contribution in [3.8, 4) is 0 Å². The third kappa shape index (κ3) is 9.13. The Morgan fingerprint density at radius 2 is 0.926 bits per heavy atom. The van der Waals surface area contributed by atoms with Crippen molar-refractivity contribution in [2.45, 2.75) is 49.9 Å². The molecule has 2 aromatic rings. The molecule has 0 aromatic heterocycles. The highest BCUT2D eigenvalue weighted by molar-refractivity contribution is 5.15. The van der Waals surface area contributed by atoms with Gasteiger partial charge in [0, 0.05) is 26.1 Å². The predicted molar refractivity (Wildman–Crippen MR) is 112 cm³/mol. The molecule has 0 bridgehead atoms. The van der Waals surface area contributed by atoms with E-state index in [0.29, 0.717) is 26.1 Å². The van der Waals surface area contributed by atoms with Crippen LogP contribution in [0.5, 0.6) is 0 Å². The summed E-state index contributed by atoms with van der Waals surface area (Å²) in [6, 6.07) is 20.5.